The SMILES string of the molecule is CC[C@]1(C)C[C@@]1(NC(=O)OC(C)(C)C)C(=O)OC. The summed E-state index contributed by atoms with van der Waals surface area (Å²) >= 11 is 0. The van der Waals surface area contributed by atoms with Crippen molar-refractivity contribution < 1.29 is 19.1 Å². The summed E-state index contributed by atoms with van der Waals surface area (Å²) < 4.78 is 9.98. The molecule has 104 valence electrons. The van der Waals surface area contributed by atoms with Crippen molar-refractivity contribution >= 4 is 12.1 Å². The molecule has 0 radical (unpaired) electrons. The molecule has 1 amide bonds. The van der Waals surface area contributed by atoms with Crippen LogP contribution < -0.4 is 5.32 Å². The molecule has 0 spiro atoms. The van der Waals surface area contributed by atoms with Crippen LogP contribution in [-0.4, -0.2) is 30.3 Å². The van der Waals surface area contributed by atoms with Gasteiger partial charge in [0.2, 0.25) is 0 Å². The van der Waals surface area contributed by atoms with Gasteiger partial charge in [-0.1, -0.05) is 13.8 Å². The largest absolute Gasteiger partial charge is 0.467 e. The number of rotatable bonds is 3. The second-order valence-corrected chi connectivity index (χ2v) is 6.11. The summed E-state index contributed by atoms with van der Waals surface area (Å²) in [6, 6.07) is 0. The van der Waals surface area contributed by atoms with Gasteiger partial charge in [-0.25, -0.2) is 9.59 Å². The minimum absolute atomic E-state index is 0.253. The molecule has 0 heterocycles. The number of ether oxygens (including phenoxy) is 2. The first kappa shape index (κ1) is 14.8. The van der Waals surface area contributed by atoms with E-state index < -0.39 is 23.2 Å². The molecule has 0 aromatic carbocycles. The van der Waals surface area contributed by atoms with E-state index in [1.807, 2.05) is 13.8 Å². The number of hydrogen-bond acceptors (Lipinski definition) is 4. The number of nitrogens with one attached hydrogen (secondary N) is 1. The topological polar surface area (TPSA) is 64.6 Å². The minimum atomic E-state index is -0.932. The predicted molar refractivity (Wildman–Crippen MR) is 67.1 cm³/mol. The number of carbonyl (C=O) groups excluding carboxylic acids is 2. The fraction of sp³-hybridized carbons (Fsp3) is 0.846. The maximum absolute atomic E-state index is 11.9. The highest BCUT2D eigenvalue weighted by molar-refractivity contribution is 5.90. The Morgan fingerprint density at radius 2 is 1.89 bits per heavy atom. The second-order valence-electron chi connectivity index (χ2n) is 6.11. The number of esters is 1. The zero-order valence-corrected chi connectivity index (χ0v) is 12.0. The molecule has 1 saturated carbocycles. The van der Waals surface area contributed by atoms with E-state index in [9.17, 15) is 9.59 Å². The van der Waals surface area contributed by atoms with E-state index in [0.717, 1.165) is 6.42 Å². The molecule has 5 heteroatoms. The van der Waals surface area contributed by atoms with Crippen molar-refractivity contribution in [3.8, 4) is 0 Å². The van der Waals surface area contributed by atoms with E-state index in [-0.39, 0.29) is 5.41 Å². The van der Waals surface area contributed by atoms with Crippen LogP contribution in [0.2, 0.25) is 0 Å². The standard InChI is InChI=1S/C13H23NO4/c1-7-12(5)8-13(12,9(15)17-6)14-10(16)18-11(2,3)4/h7-8H2,1-6H3,(H,14,16)/t12-,13-/m1/s1. The van der Waals surface area contributed by atoms with E-state index in [2.05, 4.69) is 5.32 Å². The molecule has 0 saturated heterocycles. The molecule has 18 heavy (non-hydrogen) atoms. The number of amides is 1. The van der Waals surface area contributed by atoms with Gasteiger partial charge in [0.1, 0.15) is 11.1 Å². The van der Waals surface area contributed by atoms with Gasteiger partial charge < -0.3 is 14.8 Å². The van der Waals surface area contributed by atoms with Gasteiger partial charge in [0.05, 0.1) is 7.11 Å². The van der Waals surface area contributed by atoms with E-state index >= 15 is 0 Å². The predicted octanol–water partition coefficient (Wildman–Crippen LogP) is 2.24. The van der Waals surface area contributed by atoms with Crippen molar-refractivity contribution in [1.29, 1.82) is 0 Å². The van der Waals surface area contributed by atoms with E-state index in [1.165, 1.54) is 7.11 Å². The molecule has 0 bridgehead atoms. The average molecular weight is 257 g/mol. The van der Waals surface area contributed by atoms with Gasteiger partial charge in [0, 0.05) is 5.41 Å². The average Bonchev–Trinajstić information content (AvgIpc) is 2.82. The summed E-state index contributed by atoms with van der Waals surface area (Å²) in [6.45, 7) is 9.29. The van der Waals surface area contributed by atoms with Crippen molar-refractivity contribution in [1.82, 2.24) is 5.32 Å². The van der Waals surface area contributed by atoms with Crippen LogP contribution in [0.25, 0.3) is 0 Å². The molecule has 2 atom stereocenters. The van der Waals surface area contributed by atoms with E-state index in [0.29, 0.717) is 6.42 Å². The molecule has 1 aliphatic carbocycles. The van der Waals surface area contributed by atoms with Crippen LogP contribution in [0.4, 0.5) is 4.79 Å². The Balaban J connectivity index is 2.78. The fourth-order valence-electron chi connectivity index (χ4n) is 2.18. The quantitative estimate of drug-likeness (QED) is 0.787. The normalized spacial score (nSPS) is 30.6. The first-order chi connectivity index (χ1) is 8.10. The third-order valence-corrected chi connectivity index (χ3v) is 3.59. The summed E-state index contributed by atoms with van der Waals surface area (Å²) in [6.07, 6.45) is 0.797. The zero-order valence-electron chi connectivity index (χ0n) is 12.0. The molecular formula is C13H23NO4. The highest BCUT2D eigenvalue weighted by Gasteiger charge is 2.70. The maximum atomic E-state index is 11.9. The molecule has 1 fully saturated rings. The molecule has 0 aromatic rings. The Hall–Kier alpha value is -1.26. The molecule has 1 N–H and O–H groups in total. The smallest absolute Gasteiger partial charge is 0.408 e. The summed E-state index contributed by atoms with van der Waals surface area (Å²) in [4.78, 5) is 23.7. The lowest BCUT2D eigenvalue weighted by atomic mass is 9.99. The van der Waals surface area contributed by atoms with Crippen molar-refractivity contribution in [3.63, 3.8) is 0 Å². The first-order valence-corrected chi connectivity index (χ1v) is 6.20. The fourth-order valence-corrected chi connectivity index (χ4v) is 2.18. The lowest BCUT2D eigenvalue weighted by molar-refractivity contribution is -0.145. The zero-order chi connectivity index (χ0) is 14.2. The van der Waals surface area contributed by atoms with E-state index in [1.54, 1.807) is 20.8 Å². The summed E-state index contributed by atoms with van der Waals surface area (Å²) in [5, 5.41) is 2.68. The Labute approximate surface area is 108 Å². The van der Waals surface area contributed by atoms with Crippen LogP contribution in [0.5, 0.6) is 0 Å². The van der Waals surface area contributed by atoms with Gasteiger partial charge in [-0.3, -0.25) is 0 Å². The molecule has 0 aromatic heterocycles. The van der Waals surface area contributed by atoms with Gasteiger partial charge in [-0.05, 0) is 33.6 Å². The van der Waals surface area contributed by atoms with Crippen LogP contribution in [0.15, 0.2) is 0 Å². The van der Waals surface area contributed by atoms with Crippen LogP contribution in [0.1, 0.15) is 47.5 Å². The summed E-state index contributed by atoms with van der Waals surface area (Å²) in [5.74, 6) is -0.405. The number of carbonyl (C=O) groups is 2. The Bertz CT molecular complexity index is 360. The van der Waals surface area contributed by atoms with Gasteiger partial charge in [-0.15, -0.1) is 0 Å². The number of alkyl carbamates (subject to hydrolysis) is 1. The molecule has 1 aliphatic rings. The monoisotopic (exact) mass is 257 g/mol. The first-order valence-electron chi connectivity index (χ1n) is 6.20. The number of methoxy groups -OCH3 is 1. The van der Waals surface area contributed by atoms with Crippen LogP contribution >= 0.6 is 0 Å². The lowest BCUT2D eigenvalue weighted by Crippen LogP contribution is -2.49. The Morgan fingerprint density at radius 3 is 2.22 bits per heavy atom. The van der Waals surface area contributed by atoms with Gasteiger partial charge in [0.25, 0.3) is 0 Å². The molecule has 0 unspecified atom stereocenters. The number of hydrogen-bond donors (Lipinski definition) is 1. The molecule has 5 nitrogen and oxygen atoms in total. The van der Waals surface area contributed by atoms with Crippen LogP contribution in [0.3, 0.4) is 0 Å². The Kier molecular flexibility index (Phi) is 3.65. The molecule has 0 aliphatic heterocycles. The lowest BCUT2D eigenvalue weighted by Gasteiger charge is -2.25. The maximum Gasteiger partial charge on any atom is 0.408 e. The van der Waals surface area contributed by atoms with Crippen molar-refractivity contribution in [2.24, 2.45) is 5.41 Å². The highest BCUT2D eigenvalue weighted by Crippen LogP contribution is 2.58. The van der Waals surface area contributed by atoms with Crippen LogP contribution in [0, 0.1) is 5.41 Å². The minimum Gasteiger partial charge on any atom is -0.467 e. The van der Waals surface area contributed by atoms with Gasteiger partial charge in [0.15, 0.2) is 0 Å². The van der Waals surface area contributed by atoms with Crippen molar-refractivity contribution in [2.75, 3.05) is 7.11 Å². The Morgan fingerprint density at radius 1 is 1.33 bits per heavy atom. The highest BCUT2D eigenvalue weighted by atomic mass is 16.6. The van der Waals surface area contributed by atoms with Crippen molar-refractivity contribution in [3.05, 3.63) is 0 Å². The third-order valence-electron chi connectivity index (χ3n) is 3.59. The van der Waals surface area contributed by atoms with Gasteiger partial charge in [-0.2, -0.15) is 0 Å². The van der Waals surface area contributed by atoms with Crippen molar-refractivity contribution in [2.45, 2.75) is 58.6 Å². The second kappa shape index (κ2) is 4.44. The molecule has 1 rings (SSSR count). The summed E-state index contributed by atoms with van der Waals surface area (Å²) in [7, 11) is 1.33. The molecular weight excluding hydrogens is 234 g/mol. The van der Waals surface area contributed by atoms with Crippen LogP contribution in [-0.2, 0) is 14.3 Å². The van der Waals surface area contributed by atoms with Gasteiger partial charge >= 0.3 is 12.1 Å². The van der Waals surface area contributed by atoms with E-state index in [4.69, 9.17) is 9.47 Å². The third kappa shape index (κ3) is 2.60. The summed E-state index contributed by atoms with van der Waals surface area (Å²) in [5.41, 5.74) is -1.77.